The van der Waals surface area contributed by atoms with E-state index in [0.29, 0.717) is 5.92 Å². The van der Waals surface area contributed by atoms with Gasteiger partial charge in [-0.1, -0.05) is 0 Å². The zero-order valence-electron chi connectivity index (χ0n) is 10.4. The Morgan fingerprint density at radius 1 is 1.28 bits per heavy atom. The summed E-state index contributed by atoms with van der Waals surface area (Å²) in [4.78, 5) is 4.69. The van der Waals surface area contributed by atoms with Gasteiger partial charge in [0.05, 0.1) is 11.8 Å². The maximum atomic E-state index is 9.53. The lowest BCUT2D eigenvalue weighted by Gasteiger charge is -2.23. The Bertz CT molecular complexity index is 523. The van der Waals surface area contributed by atoms with Crippen LogP contribution in [0.1, 0.15) is 43.1 Å². The first-order valence-corrected chi connectivity index (χ1v) is 7.30. The summed E-state index contributed by atoms with van der Waals surface area (Å²) < 4.78 is 5.60. The van der Waals surface area contributed by atoms with Crippen LogP contribution in [0.15, 0.2) is 21.9 Å². The molecule has 0 spiro atoms. The summed E-state index contributed by atoms with van der Waals surface area (Å²) in [6.07, 6.45) is 3.78. The molecule has 3 rings (SSSR count). The van der Waals surface area contributed by atoms with Crippen LogP contribution in [0.25, 0.3) is 10.8 Å². The number of aryl methyl sites for hydroxylation is 1. The molecule has 0 amide bonds. The molecule has 0 atom stereocenters. The van der Waals surface area contributed by atoms with E-state index in [1.165, 1.54) is 0 Å². The van der Waals surface area contributed by atoms with Crippen LogP contribution in [0.4, 0.5) is 0 Å². The first kappa shape index (κ1) is 11.9. The molecule has 0 unspecified atom stereocenters. The first-order chi connectivity index (χ1) is 8.72. The van der Waals surface area contributed by atoms with Gasteiger partial charge in [-0.3, -0.25) is 0 Å². The third kappa shape index (κ3) is 2.35. The molecule has 0 radical (unpaired) electrons. The largest absolute Gasteiger partial charge is 0.459 e. The van der Waals surface area contributed by atoms with E-state index in [2.05, 4.69) is 10.4 Å². The van der Waals surface area contributed by atoms with Gasteiger partial charge in [-0.2, -0.15) is 0 Å². The average Bonchev–Trinajstić information content (AvgIpc) is 2.98. The van der Waals surface area contributed by atoms with Gasteiger partial charge in [-0.15, -0.1) is 11.3 Å². The van der Waals surface area contributed by atoms with Crippen molar-refractivity contribution >= 4 is 11.3 Å². The second-order valence-electron chi connectivity index (χ2n) is 4.99. The summed E-state index contributed by atoms with van der Waals surface area (Å²) in [6, 6.07) is 3.94. The van der Waals surface area contributed by atoms with Gasteiger partial charge in [0.2, 0.25) is 0 Å². The van der Waals surface area contributed by atoms with Crippen LogP contribution in [0.3, 0.4) is 0 Å². The van der Waals surface area contributed by atoms with Crippen molar-refractivity contribution < 1.29 is 9.52 Å². The quantitative estimate of drug-likeness (QED) is 0.898. The number of hydrogen-bond donors (Lipinski definition) is 1. The molecular formula is C14H17NO2S. The molecule has 18 heavy (non-hydrogen) atoms. The summed E-state index contributed by atoms with van der Waals surface area (Å²) in [5.41, 5.74) is 1.16. The molecule has 1 N–H and O–H groups in total. The van der Waals surface area contributed by atoms with Crippen LogP contribution in [-0.2, 0) is 0 Å². The third-order valence-electron chi connectivity index (χ3n) is 3.59. The van der Waals surface area contributed by atoms with Crippen LogP contribution in [0.2, 0.25) is 0 Å². The van der Waals surface area contributed by atoms with E-state index in [4.69, 9.17) is 4.42 Å². The fraction of sp³-hybridized carbons (Fsp3) is 0.500. The van der Waals surface area contributed by atoms with Crippen molar-refractivity contribution in [2.24, 2.45) is 0 Å². The molecule has 0 bridgehead atoms. The molecule has 1 aliphatic carbocycles. The monoisotopic (exact) mass is 263 g/mol. The Balaban J connectivity index is 1.77. The maximum absolute atomic E-state index is 9.53. The van der Waals surface area contributed by atoms with Crippen LogP contribution in [-0.4, -0.2) is 16.2 Å². The van der Waals surface area contributed by atoms with E-state index in [1.807, 2.05) is 19.1 Å². The predicted molar refractivity (Wildman–Crippen MR) is 71.8 cm³/mol. The van der Waals surface area contributed by atoms with Crippen molar-refractivity contribution in [1.82, 2.24) is 4.98 Å². The lowest BCUT2D eigenvalue weighted by molar-refractivity contribution is 0.122. The molecule has 4 heteroatoms. The normalized spacial score (nSPS) is 24.3. The Kier molecular flexibility index (Phi) is 3.22. The molecule has 0 aliphatic heterocycles. The minimum Gasteiger partial charge on any atom is -0.459 e. The first-order valence-electron chi connectivity index (χ1n) is 6.42. The maximum Gasteiger partial charge on any atom is 0.162 e. The molecular weight excluding hydrogens is 246 g/mol. The zero-order valence-corrected chi connectivity index (χ0v) is 11.2. The van der Waals surface area contributed by atoms with Crippen molar-refractivity contribution in [2.45, 2.75) is 44.6 Å². The molecule has 1 fully saturated rings. The minimum atomic E-state index is -0.105. The van der Waals surface area contributed by atoms with Crippen molar-refractivity contribution in [3.05, 3.63) is 29.0 Å². The van der Waals surface area contributed by atoms with Crippen LogP contribution in [0, 0.1) is 6.92 Å². The molecule has 1 saturated carbocycles. The Labute approximate surface area is 110 Å². The second-order valence-corrected chi connectivity index (χ2v) is 5.85. The van der Waals surface area contributed by atoms with E-state index in [0.717, 1.165) is 47.9 Å². The highest BCUT2D eigenvalue weighted by atomic mass is 32.1. The van der Waals surface area contributed by atoms with E-state index in [-0.39, 0.29) is 6.10 Å². The van der Waals surface area contributed by atoms with Crippen molar-refractivity contribution in [3.63, 3.8) is 0 Å². The van der Waals surface area contributed by atoms with Gasteiger partial charge >= 0.3 is 0 Å². The fourth-order valence-corrected chi connectivity index (χ4v) is 3.37. The van der Waals surface area contributed by atoms with Gasteiger partial charge in [0.1, 0.15) is 5.76 Å². The predicted octanol–water partition coefficient (Wildman–Crippen LogP) is 3.73. The van der Waals surface area contributed by atoms with Crippen molar-refractivity contribution in [1.29, 1.82) is 0 Å². The van der Waals surface area contributed by atoms with Crippen LogP contribution in [0.5, 0.6) is 0 Å². The highest BCUT2D eigenvalue weighted by Crippen LogP contribution is 2.35. The van der Waals surface area contributed by atoms with Gasteiger partial charge in [0, 0.05) is 11.3 Å². The highest BCUT2D eigenvalue weighted by molar-refractivity contribution is 7.13. The Morgan fingerprint density at radius 2 is 2.06 bits per heavy atom. The number of rotatable bonds is 2. The number of furan rings is 1. The molecule has 0 saturated heterocycles. The fourth-order valence-electron chi connectivity index (χ4n) is 2.51. The number of thiazole rings is 1. The summed E-state index contributed by atoms with van der Waals surface area (Å²) >= 11 is 1.64. The summed E-state index contributed by atoms with van der Waals surface area (Å²) in [5.74, 6) is 2.29. The molecule has 2 aromatic rings. The second kappa shape index (κ2) is 4.86. The molecule has 3 nitrogen and oxygen atoms in total. The zero-order chi connectivity index (χ0) is 12.5. The minimum absolute atomic E-state index is 0.105. The molecule has 2 aromatic heterocycles. The van der Waals surface area contributed by atoms with E-state index >= 15 is 0 Å². The summed E-state index contributed by atoms with van der Waals surface area (Å²) in [7, 11) is 0. The number of aliphatic hydroxyl groups is 1. The van der Waals surface area contributed by atoms with Crippen molar-refractivity contribution in [2.75, 3.05) is 0 Å². The Hall–Kier alpha value is -1.13. The van der Waals surface area contributed by atoms with Gasteiger partial charge in [0.15, 0.2) is 10.8 Å². The van der Waals surface area contributed by atoms with E-state index in [9.17, 15) is 5.11 Å². The summed E-state index contributed by atoms with van der Waals surface area (Å²) in [5, 5.41) is 12.6. The topological polar surface area (TPSA) is 46.3 Å². The molecule has 1 aliphatic rings. The molecule has 2 heterocycles. The van der Waals surface area contributed by atoms with E-state index in [1.54, 1.807) is 11.3 Å². The number of aromatic nitrogens is 1. The smallest absolute Gasteiger partial charge is 0.162 e. The van der Waals surface area contributed by atoms with Crippen molar-refractivity contribution in [3.8, 4) is 10.8 Å². The van der Waals surface area contributed by atoms with Gasteiger partial charge < -0.3 is 9.52 Å². The third-order valence-corrected chi connectivity index (χ3v) is 4.46. The SMILES string of the molecule is Cc1ccc(-c2nc(C3CCC(O)CC3)cs2)o1. The average molecular weight is 263 g/mol. The van der Waals surface area contributed by atoms with Crippen LogP contribution >= 0.6 is 11.3 Å². The van der Waals surface area contributed by atoms with Gasteiger partial charge in [-0.05, 0) is 44.7 Å². The highest BCUT2D eigenvalue weighted by Gasteiger charge is 2.23. The lowest BCUT2D eigenvalue weighted by atomic mass is 9.86. The number of hydrogen-bond acceptors (Lipinski definition) is 4. The number of nitrogens with zero attached hydrogens (tertiary/aromatic N) is 1. The molecule has 96 valence electrons. The number of aliphatic hydroxyl groups excluding tert-OH is 1. The summed E-state index contributed by atoms with van der Waals surface area (Å²) in [6.45, 7) is 1.94. The Morgan fingerprint density at radius 3 is 2.72 bits per heavy atom. The standard InChI is InChI=1S/C14H17NO2S/c1-9-2-7-13(17-9)14-15-12(8-18-14)10-3-5-11(16)6-4-10/h2,7-8,10-11,16H,3-6H2,1H3. The molecule has 0 aromatic carbocycles. The van der Waals surface area contributed by atoms with E-state index < -0.39 is 0 Å². The lowest BCUT2D eigenvalue weighted by Crippen LogP contribution is -2.17. The van der Waals surface area contributed by atoms with Gasteiger partial charge in [0.25, 0.3) is 0 Å². The van der Waals surface area contributed by atoms with Gasteiger partial charge in [-0.25, -0.2) is 4.98 Å². The van der Waals surface area contributed by atoms with Crippen LogP contribution < -0.4 is 0 Å².